The van der Waals surface area contributed by atoms with Crippen LogP contribution in [0.15, 0.2) is 65.1 Å². The first kappa shape index (κ1) is 25.8. The number of halogens is 1. The summed E-state index contributed by atoms with van der Waals surface area (Å²) in [6.07, 6.45) is 0.515. The van der Waals surface area contributed by atoms with Crippen molar-refractivity contribution in [2.75, 3.05) is 13.2 Å². The smallest absolute Gasteiger partial charge is 0.261 e. The number of nitrogens with zero attached hydrogens (tertiary/aromatic N) is 1. The number of carbonyl (C=O) groups is 2. The number of nitrogens with one attached hydrogen (secondary N) is 1. The second kappa shape index (κ2) is 12.0. The van der Waals surface area contributed by atoms with Gasteiger partial charge in [0, 0.05) is 13.1 Å². The van der Waals surface area contributed by atoms with Gasteiger partial charge >= 0.3 is 0 Å². The second-order valence-electron chi connectivity index (χ2n) is 8.90. The van der Waals surface area contributed by atoms with Crippen molar-refractivity contribution in [3.05, 3.63) is 76.3 Å². The molecule has 1 atom stereocenters. The van der Waals surface area contributed by atoms with E-state index in [9.17, 15) is 9.59 Å². The first-order valence-electron chi connectivity index (χ1n) is 11.7. The number of hydrogen-bond donors (Lipinski definition) is 1. The lowest BCUT2D eigenvalue weighted by Gasteiger charge is -2.31. The van der Waals surface area contributed by atoms with Crippen LogP contribution in [0.5, 0.6) is 5.75 Å². The van der Waals surface area contributed by atoms with E-state index >= 15 is 0 Å². The molecule has 3 aromatic carbocycles. The minimum Gasteiger partial charge on any atom is -0.483 e. The van der Waals surface area contributed by atoms with Crippen molar-refractivity contribution in [2.45, 2.75) is 46.7 Å². The van der Waals surface area contributed by atoms with Gasteiger partial charge in [-0.05, 0) is 63.2 Å². The van der Waals surface area contributed by atoms with E-state index in [2.05, 4.69) is 21.2 Å². The van der Waals surface area contributed by atoms with Crippen molar-refractivity contribution in [2.24, 2.45) is 5.92 Å². The van der Waals surface area contributed by atoms with Crippen LogP contribution in [-0.4, -0.2) is 35.9 Å². The minimum atomic E-state index is -0.575. The largest absolute Gasteiger partial charge is 0.483 e. The molecule has 3 rings (SSSR count). The van der Waals surface area contributed by atoms with Gasteiger partial charge < -0.3 is 15.0 Å². The molecule has 0 saturated carbocycles. The van der Waals surface area contributed by atoms with Gasteiger partial charge in [0.1, 0.15) is 11.8 Å². The molecule has 0 aliphatic heterocycles. The van der Waals surface area contributed by atoms with Crippen molar-refractivity contribution in [1.82, 2.24) is 10.2 Å². The lowest BCUT2D eigenvalue weighted by Crippen LogP contribution is -2.50. The molecule has 5 nitrogen and oxygen atoms in total. The number of fused-ring (bicyclic) bond motifs is 1. The third-order valence-corrected chi connectivity index (χ3v) is 6.67. The van der Waals surface area contributed by atoms with Crippen molar-refractivity contribution >= 4 is 38.5 Å². The summed E-state index contributed by atoms with van der Waals surface area (Å²) in [7, 11) is 0. The Hall–Kier alpha value is -2.86. The van der Waals surface area contributed by atoms with Crippen LogP contribution in [-0.2, 0) is 16.1 Å². The fourth-order valence-corrected chi connectivity index (χ4v) is 4.47. The Bertz CT molecular complexity index is 1150. The highest BCUT2D eigenvalue weighted by molar-refractivity contribution is 9.10. The molecule has 3 aromatic rings. The maximum Gasteiger partial charge on any atom is 0.261 e. The molecule has 0 aliphatic rings. The molecular weight excluding hydrogens is 492 g/mol. The van der Waals surface area contributed by atoms with Crippen molar-refractivity contribution in [1.29, 1.82) is 0 Å². The number of amides is 2. The van der Waals surface area contributed by atoms with E-state index < -0.39 is 6.04 Å². The van der Waals surface area contributed by atoms with Crippen LogP contribution < -0.4 is 10.1 Å². The van der Waals surface area contributed by atoms with Gasteiger partial charge in [0.25, 0.3) is 5.91 Å². The number of rotatable bonds is 10. The summed E-state index contributed by atoms with van der Waals surface area (Å²) in [6.45, 7) is 8.80. The Labute approximate surface area is 210 Å². The average molecular weight is 525 g/mol. The van der Waals surface area contributed by atoms with E-state index in [-0.39, 0.29) is 18.4 Å². The van der Waals surface area contributed by atoms with E-state index in [4.69, 9.17) is 4.74 Å². The molecule has 0 heterocycles. The molecule has 0 bridgehead atoms. The number of hydrogen-bond acceptors (Lipinski definition) is 3. The maximum atomic E-state index is 13.5. The highest BCUT2D eigenvalue weighted by atomic mass is 79.9. The molecular formula is C28H33BrN2O3. The quantitative estimate of drug-likeness (QED) is 0.360. The van der Waals surface area contributed by atoms with Crippen LogP contribution in [0.25, 0.3) is 10.8 Å². The summed E-state index contributed by atoms with van der Waals surface area (Å²) in [5.41, 5.74) is 2.09. The predicted octanol–water partition coefficient (Wildman–Crippen LogP) is 5.87. The standard InChI is InChI=1S/C28H33BrN2O3/c1-5-24(28(33)30-16-19(2)3)31(17-22-12-7-6-10-20(22)4)26(32)18-34-25-15-14-21-11-8-9-13-23(21)27(25)29/h6-15,19,24H,5,16-18H2,1-4H3,(H,30,33)/t24-/m1/s1. The van der Waals surface area contributed by atoms with E-state index in [1.54, 1.807) is 4.90 Å². The fourth-order valence-electron chi connectivity index (χ4n) is 3.86. The van der Waals surface area contributed by atoms with Gasteiger partial charge in [0.2, 0.25) is 5.91 Å². The monoisotopic (exact) mass is 524 g/mol. The van der Waals surface area contributed by atoms with Gasteiger partial charge in [-0.25, -0.2) is 0 Å². The second-order valence-corrected chi connectivity index (χ2v) is 9.69. The zero-order valence-electron chi connectivity index (χ0n) is 20.3. The summed E-state index contributed by atoms with van der Waals surface area (Å²) in [5, 5.41) is 5.09. The van der Waals surface area contributed by atoms with Gasteiger partial charge in [0.05, 0.1) is 4.47 Å². The molecule has 0 radical (unpaired) electrons. The first-order chi connectivity index (χ1) is 16.3. The van der Waals surface area contributed by atoms with Crippen LogP contribution in [0, 0.1) is 12.8 Å². The summed E-state index contributed by atoms with van der Waals surface area (Å²) in [5.74, 6) is 0.565. The first-order valence-corrected chi connectivity index (χ1v) is 12.5. The fraction of sp³-hybridized carbons (Fsp3) is 0.357. The van der Waals surface area contributed by atoms with Gasteiger partial charge in [-0.2, -0.15) is 0 Å². The highest BCUT2D eigenvalue weighted by Crippen LogP contribution is 2.33. The lowest BCUT2D eigenvalue weighted by atomic mass is 10.1. The van der Waals surface area contributed by atoms with Crippen LogP contribution in [0.4, 0.5) is 0 Å². The highest BCUT2D eigenvalue weighted by Gasteiger charge is 2.29. The molecule has 0 fully saturated rings. The van der Waals surface area contributed by atoms with Crippen molar-refractivity contribution in [3.63, 3.8) is 0 Å². The summed E-state index contributed by atoms with van der Waals surface area (Å²) in [4.78, 5) is 28.1. The molecule has 1 N–H and O–H groups in total. The van der Waals surface area contributed by atoms with Gasteiger partial charge in [0.15, 0.2) is 6.61 Å². The molecule has 0 aromatic heterocycles. The Morgan fingerprint density at radius 3 is 2.44 bits per heavy atom. The topological polar surface area (TPSA) is 58.6 Å². The summed E-state index contributed by atoms with van der Waals surface area (Å²) < 4.78 is 6.77. The predicted molar refractivity (Wildman–Crippen MR) is 141 cm³/mol. The number of ether oxygens (including phenoxy) is 1. The summed E-state index contributed by atoms with van der Waals surface area (Å²) in [6, 6.07) is 19.2. The summed E-state index contributed by atoms with van der Waals surface area (Å²) >= 11 is 3.62. The Kier molecular flexibility index (Phi) is 9.11. The van der Waals surface area contributed by atoms with E-state index in [1.165, 1.54) is 0 Å². The zero-order valence-corrected chi connectivity index (χ0v) is 21.9. The van der Waals surface area contributed by atoms with Crippen LogP contribution in [0.1, 0.15) is 38.3 Å². The Morgan fingerprint density at radius 1 is 1.03 bits per heavy atom. The van der Waals surface area contributed by atoms with Crippen molar-refractivity contribution in [3.8, 4) is 5.75 Å². The molecule has 0 aliphatic carbocycles. The molecule has 34 heavy (non-hydrogen) atoms. The van der Waals surface area contributed by atoms with Crippen LogP contribution in [0.2, 0.25) is 0 Å². The van der Waals surface area contributed by atoms with Crippen LogP contribution >= 0.6 is 15.9 Å². The zero-order chi connectivity index (χ0) is 24.7. The van der Waals surface area contributed by atoms with Crippen molar-refractivity contribution < 1.29 is 14.3 Å². The number of benzene rings is 3. The molecule has 6 heteroatoms. The van der Waals surface area contributed by atoms with E-state index in [1.807, 2.05) is 88.4 Å². The molecule has 2 amide bonds. The lowest BCUT2D eigenvalue weighted by molar-refractivity contribution is -0.143. The van der Waals surface area contributed by atoms with Gasteiger partial charge in [-0.15, -0.1) is 0 Å². The Morgan fingerprint density at radius 2 is 1.74 bits per heavy atom. The Balaban J connectivity index is 1.82. The third-order valence-electron chi connectivity index (χ3n) is 5.85. The van der Waals surface area contributed by atoms with Gasteiger partial charge in [-0.1, -0.05) is 75.4 Å². The van der Waals surface area contributed by atoms with E-state index in [0.717, 1.165) is 26.4 Å². The van der Waals surface area contributed by atoms with Crippen LogP contribution in [0.3, 0.4) is 0 Å². The SMILES string of the molecule is CC[C@H](C(=O)NCC(C)C)N(Cc1ccccc1C)C(=O)COc1ccc2ccccc2c1Br. The molecule has 0 saturated heterocycles. The minimum absolute atomic E-state index is 0.134. The van der Waals surface area contributed by atoms with E-state index in [0.29, 0.717) is 31.2 Å². The normalized spacial score (nSPS) is 11.9. The molecule has 0 spiro atoms. The molecule has 180 valence electrons. The molecule has 0 unspecified atom stereocenters. The third kappa shape index (κ3) is 6.38. The maximum absolute atomic E-state index is 13.5. The number of aryl methyl sites for hydroxylation is 1. The average Bonchev–Trinajstić information content (AvgIpc) is 2.83. The van der Waals surface area contributed by atoms with Gasteiger partial charge in [-0.3, -0.25) is 9.59 Å². The number of carbonyl (C=O) groups excluding carboxylic acids is 2.